The van der Waals surface area contributed by atoms with Gasteiger partial charge in [0.15, 0.2) is 0 Å². The van der Waals surface area contributed by atoms with E-state index in [1.165, 1.54) is 4.90 Å². The molecule has 0 saturated heterocycles. The van der Waals surface area contributed by atoms with Crippen LogP contribution in [0, 0.1) is 0 Å². The average molecular weight is 683 g/mol. The van der Waals surface area contributed by atoms with Gasteiger partial charge in [-0.05, 0) is 80.4 Å². The fourth-order valence-corrected chi connectivity index (χ4v) is 6.08. The van der Waals surface area contributed by atoms with Crippen molar-refractivity contribution in [3.8, 4) is 11.5 Å². The summed E-state index contributed by atoms with van der Waals surface area (Å²) < 4.78 is 33.1. The third-order valence-electron chi connectivity index (χ3n) is 6.91. The maximum Gasteiger partial charge on any atom is 0.244 e. The van der Waals surface area contributed by atoms with Crippen LogP contribution >= 0.6 is 23.2 Å². The van der Waals surface area contributed by atoms with E-state index in [0.717, 1.165) is 16.1 Å². The Kier molecular flexibility index (Phi) is 11.4. The summed E-state index contributed by atoms with van der Waals surface area (Å²) in [5, 5.41) is 3.72. The molecule has 8 nitrogen and oxygen atoms in total. The van der Waals surface area contributed by atoms with Gasteiger partial charge in [0.25, 0.3) is 0 Å². The molecule has 0 heterocycles. The van der Waals surface area contributed by atoms with E-state index in [1.54, 1.807) is 54.6 Å². The lowest BCUT2D eigenvalue weighted by Gasteiger charge is -2.35. The average Bonchev–Trinajstić information content (AvgIpc) is 2.98. The van der Waals surface area contributed by atoms with Crippen molar-refractivity contribution in [1.82, 2.24) is 10.2 Å². The Hall–Kier alpha value is -4.05. The number of para-hydroxylation sites is 1. The van der Waals surface area contributed by atoms with Gasteiger partial charge in [-0.1, -0.05) is 77.8 Å². The van der Waals surface area contributed by atoms with Gasteiger partial charge in [-0.2, -0.15) is 0 Å². The molecule has 1 unspecified atom stereocenters. The molecular formula is C35H37Cl2N3O5S. The quantitative estimate of drug-likeness (QED) is 0.172. The largest absolute Gasteiger partial charge is 0.457 e. The predicted molar refractivity (Wildman–Crippen MR) is 184 cm³/mol. The van der Waals surface area contributed by atoms with Crippen LogP contribution in [0.2, 0.25) is 10.0 Å². The van der Waals surface area contributed by atoms with E-state index >= 15 is 0 Å². The van der Waals surface area contributed by atoms with Crippen molar-refractivity contribution >= 4 is 50.7 Å². The van der Waals surface area contributed by atoms with Gasteiger partial charge in [0.05, 0.1) is 11.9 Å². The van der Waals surface area contributed by atoms with Gasteiger partial charge in [-0.15, -0.1) is 0 Å². The highest BCUT2D eigenvalue weighted by Gasteiger charge is 2.34. The molecule has 0 aliphatic heterocycles. The second kappa shape index (κ2) is 15.0. The van der Waals surface area contributed by atoms with Crippen LogP contribution in [0.5, 0.6) is 11.5 Å². The van der Waals surface area contributed by atoms with Crippen LogP contribution in [0.4, 0.5) is 5.69 Å². The summed E-state index contributed by atoms with van der Waals surface area (Å²) in [7, 11) is -3.94. The second-order valence-corrected chi connectivity index (χ2v) is 14.6. The Morgan fingerprint density at radius 1 is 0.848 bits per heavy atom. The zero-order valence-corrected chi connectivity index (χ0v) is 28.4. The third kappa shape index (κ3) is 9.97. The SMILES string of the molecule is CC(C)(C)NC(=O)C(Cc1ccccc1)N(Cc1ccc(Cl)cc1Cl)C(=O)CN(c1ccc(Oc2ccccc2)cc1)S(C)(=O)=O. The molecule has 0 aromatic heterocycles. The van der Waals surface area contributed by atoms with Crippen molar-refractivity contribution in [1.29, 1.82) is 0 Å². The van der Waals surface area contributed by atoms with Crippen LogP contribution < -0.4 is 14.4 Å². The molecule has 0 aliphatic carbocycles. The highest BCUT2D eigenvalue weighted by Crippen LogP contribution is 2.28. The molecule has 0 spiro atoms. The molecule has 1 N–H and O–H groups in total. The summed E-state index contributed by atoms with van der Waals surface area (Å²) in [6.45, 7) is 4.93. The van der Waals surface area contributed by atoms with E-state index in [1.807, 2.05) is 69.3 Å². The summed E-state index contributed by atoms with van der Waals surface area (Å²) in [6.07, 6.45) is 1.22. The number of benzene rings is 4. The molecule has 0 radical (unpaired) electrons. The molecule has 4 rings (SSSR count). The number of nitrogens with zero attached hydrogens (tertiary/aromatic N) is 2. The number of hydrogen-bond donors (Lipinski definition) is 1. The zero-order chi connectivity index (χ0) is 33.5. The van der Waals surface area contributed by atoms with E-state index in [2.05, 4.69) is 5.32 Å². The number of carbonyl (C=O) groups is 2. The van der Waals surface area contributed by atoms with Gasteiger partial charge in [-0.3, -0.25) is 13.9 Å². The van der Waals surface area contributed by atoms with Crippen LogP contribution in [0.15, 0.2) is 103 Å². The second-order valence-electron chi connectivity index (χ2n) is 11.9. The molecule has 11 heteroatoms. The zero-order valence-electron chi connectivity index (χ0n) is 26.1. The van der Waals surface area contributed by atoms with E-state index < -0.39 is 34.1 Å². The van der Waals surface area contributed by atoms with E-state index in [0.29, 0.717) is 27.1 Å². The molecule has 242 valence electrons. The van der Waals surface area contributed by atoms with Gasteiger partial charge in [-0.25, -0.2) is 8.42 Å². The summed E-state index contributed by atoms with van der Waals surface area (Å²) in [5.74, 6) is 0.143. The van der Waals surface area contributed by atoms with Gasteiger partial charge in [0.2, 0.25) is 21.8 Å². The first kappa shape index (κ1) is 34.8. The van der Waals surface area contributed by atoms with Crippen molar-refractivity contribution in [3.05, 3.63) is 124 Å². The Morgan fingerprint density at radius 2 is 1.43 bits per heavy atom. The minimum absolute atomic E-state index is 0.0641. The number of amides is 2. The minimum atomic E-state index is -3.94. The number of sulfonamides is 1. The minimum Gasteiger partial charge on any atom is -0.457 e. The maximum atomic E-state index is 14.3. The molecule has 4 aromatic rings. The first-order chi connectivity index (χ1) is 21.7. The Bertz CT molecular complexity index is 1750. The van der Waals surface area contributed by atoms with Gasteiger partial charge >= 0.3 is 0 Å². The van der Waals surface area contributed by atoms with Gasteiger partial charge < -0.3 is 15.0 Å². The van der Waals surface area contributed by atoms with E-state index in [-0.39, 0.29) is 24.6 Å². The number of nitrogens with one attached hydrogen (secondary N) is 1. The number of halogens is 2. The molecule has 0 saturated carbocycles. The molecule has 46 heavy (non-hydrogen) atoms. The van der Waals surface area contributed by atoms with Crippen LogP contribution in [-0.4, -0.2) is 49.5 Å². The fourth-order valence-electron chi connectivity index (χ4n) is 4.76. The first-order valence-corrected chi connectivity index (χ1v) is 17.2. The number of anilines is 1. The maximum absolute atomic E-state index is 14.3. The highest BCUT2D eigenvalue weighted by atomic mass is 35.5. The number of rotatable bonds is 12. The monoisotopic (exact) mass is 681 g/mol. The lowest BCUT2D eigenvalue weighted by atomic mass is 10.0. The van der Waals surface area contributed by atoms with Crippen molar-refractivity contribution in [2.75, 3.05) is 17.1 Å². The third-order valence-corrected chi connectivity index (χ3v) is 8.64. The summed E-state index contributed by atoms with van der Waals surface area (Å²) in [4.78, 5) is 29.6. The Morgan fingerprint density at radius 3 is 2.00 bits per heavy atom. The van der Waals surface area contributed by atoms with Crippen LogP contribution in [0.25, 0.3) is 0 Å². The van der Waals surface area contributed by atoms with Crippen molar-refractivity contribution in [3.63, 3.8) is 0 Å². The lowest BCUT2D eigenvalue weighted by molar-refractivity contribution is -0.140. The highest BCUT2D eigenvalue weighted by molar-refractivity contribution is 7.92. The molecule has 2 amide bonds. The van der Waals surface area contributed by atoms with Crippen LogP contribution in [0.1, 0.15) is 31.9 Å². The summed E-state index contributed by atoms with van der Waals surface area (Å²) >= 11 is 12.7. The number of ether oxygens (including phenoxy) is 1. The number of carbonyl (C=O) groups excluding carboxylic acids is 2. The predicted octanol–water partition coefficient (Wildman–Crippen LogP) is 7.11. The normalized spacial score (nSPS) is 12.2. The van der Waals surface area contributed by atoms with E-state index in [4.69, 9.17) is 27.9 Å². The van der Waals surface area contributed by atoms with E-state index in [9.17, 15) is 18.0 Å². The summed E-state index contributed by atoms with van der Waals surface area (Å²) in [5.41, 5.74) is 1.04. The van der Waals surface area contributed by atoms with Crippen LogP contribution in [0.3, 0.4) is 0 Å². The van der Waals surface area contributed by atoms with Crippen molar-refractivity contribution in [2.24, 2.45) is 0 Å². The van der Waals surface area contributed by atoms with Gasteiger partial charge in [0.1, 0.15) is 24.1 Å². The Balaban J connectivity index is 1.71. The van der Waals surface area contributed by atoms with Gasteiger partial charge in [0, 0.05) is 28.5 Å². The Labute approximate surface area is 280 Å². The molecular weight excluding hydrogens is 645 g/mol. The lowest BCUT2D eigenvalue weighted by Crippen LogP contribution is -2.56. The molecule has 1 atom stereocenters. The molecule has 0 bridgehead atoms. The summed E-state index contributed by atoms with van der Waals surface area (Å²) in [6, 6.07) is 28.8. The number of hydrogen-bond acceptors (Lipinski definition) is 5. The van der Waals surface area contributed by atoms with Crippen molar-refractivity contribution < 1.29 is 22.7 Å². The molecule has 4 aromatic carbocycles. The molecule has 0 aliphatic rings. The van der Waals surface area contributed by atoms with Crippen LogP contribution in [-0.2, 0) is 32.6 Å². The standard InChI is InChI=1S/C35H37Cl2N3O5S/c1-35(2,3)38-34(42)32(21-25-11-7-5-8-12-25)39(23-26-15-16-27(36)22-31(26)37)33(41)24-40(46(4,43)44)28-17-19-30(20-18-28)45-29-13-9-6-10-14-29/h5-20,22,32H,21,23-24H2,1-4H3,(H,38,42). The fraction of sp³-hybridized carbons (Fsp3) is 0.257. The topological polar surface area (TPSA) is 96.0 Å². The smallest absolute Gasteiger partial charge is 0.244 e. The first-order valence-electron chi connectivity index (χ1n) is 14.6. The molecule has 0 fully saturated rings. The van der Waals surface area contributed by atoms with Crippen molar-refractivity contribution in [2.45, 2.75) is 45.3 Å².